The summed E-state index contributed by atoms with van der Waals surface area (Å²) in [7, 11) is 1.38. The van der Waals surface area contributed by atoms with Crippen LogP contribution >= 0.6 is 0 Å². The molecular weight excluding hydrogens is 270 g/mol. The number of ether oxygens (including phenoxy) is 1. The van der Waals surface area contributed by atoms with Gasteiger partial charge in [0.05, 0.1) is 7.11 Å². The topological polar surface area (TPSA) is 66.8 Å². The second-order valence-corrected chi connectivity index (χ2v) is 6.19. The molecule has 118 valence electrons. The van der Waals surface area contributed by atoms with Crippen LogP contribution in [0.2, 0.25) is 0 Å². The van der Waals surface area contributed by atoms with E-state index < -0.39 is 6.09 Å². The Balaban J connectivity index is 2.13. The Hall–Kier alpha value is -1.52. The zero-order valence-electron chi connectivity index (χ0n) is 12.7. The Bertz CT molecular complexity index is 405. The number of methoxy groups -OCH3 is 1. The molecule has 0 spiro atoms. The molecule has 0 aromatic rings. The number of hydrogen-bond acceptors (Lipinski definition) is 3. The lowest BCUT2D eigenvalue weighted by molar-refractivity contribution is -0.134. The highest BCUT2D eigenvalue weighted by Crippen LogP contribution is 2.46. The smallest absolute Gasteiger partial charge is 0.407 e. The second-order valence-electron chi connectivity index (χ2n) is 6.19. The molecule has 1 aliphatic carbocycles. The van der Waals surface area contributed by atoms with E-state index in [0.717, 1.165) is 12.8 Å². The maximum Gasteiger partial charge on any atom is 0.407 e. The number of nitrogens with zero attached hydrogens (tertiary/aromatic N) is 1. The summed E-state index contributed by atoms with van der Waals surface area (Å²) >= 11 is 0. The van der Waals surface area contributed by atoms with E-state index >= 15 is 0 Å². The number of likely N-dealkylation sites (tertiary alicyclic amines) is 1. The van der Waals surface area contributed by atoms with Crippen LogP contribution in [0.3, 0.4) is 0 Å². The summed E-state index contributed by atoms with van der Waals surface area (Å²) in [5.41, 5.74) is -0.0411. The van der Waals surface area contributed by atoms with Gasteiger partial charge in [0.1, 0.15) is 0 Å². The molecule has 21 heavy (non-hydrogen) atoms. The lowest BCUT2D eigenvalue weighted by atomic mass is 9.63. The third kappa shape index (κ3) is 3.77. The molecule has 0 radical (unpaired) electrons. The zero-order chi connectivity index (χ0) is 15.3. The normalized spacial score (nSPS) is 23.2. The van der Waals surface area contributed by atoms with E-state index in [1.807, 2.05) is 6.08 Å². The van der Waals surface area contributed by atoms with Crippen LogP contribution in [0.1, 0.15) is 44.9 Å². The molecule has 2 aliphatic rings. The van der Waals surface area contributed by atoms with E-state index in [2.05, 4.69) is 0 Å². The summed E-state index contributed by atoms with van der Waals surface area (Å²) in [4.78, 5) is 24.0. The zero-order valence-corrected chi connectivity index (χ0v) is 12.7. The summed E-state index contributed by atoms with van der Waals surface area (Å²) in [6.07, 6.45) is 10.4. The third-order valence-electron chi connectivity index (χ3n) is 5.14. The third-order valence-corrected chi connectivity index (χ3v) is 5.14. The summed E-state index contributed by atoms with van der Waals surface area (Å²) in [6, 6.07) is 0. The molecule has 2 rings (SSSR count). The molecule has 0 atom stereocenters. The molecule has 0 aromatic carbocycles. The van der Waals surface area contributed by atoms with Crippen molar-refractivity contribution in [2.75, 3.05) is 20.2 Å². The van der Waals surface area contributed by atoms with Crippen LogP contribution in [0.4, 0.5) is 4.79 Å². The van der Waals surface area contributed by atoms with E-state index in [4.69, 9.17) is 9.84 Å². The fourth-order valence-electron chi connectivity index (χ4n) is 3.80. The molecule has 5 heteroatoms. The van der Waals surface area contributed by atoms with Crippen LogP contribution in [0.25, 0.3) is 0 Å². The van der Waals surface area contributed by atoms with Crippen molar-refractivity contribution in [3.63, 3.8) is 0 Å². The Kier molecular flexibility index (Phi) is 5.26. The monoisotopic (exact) mass is 295 g/mol. The average molecular weight is 295 g/mol. The van der Waals surface area contributed by atoms with E-state index in [9.17, 15) is 9.59 Å². The predicted molar refractivity (Wildman–Crippen MR) is 79.0 cm³/mol. The minimum Gasteiger partial charge on any atom is -0.466 e. The van der Waals surface area contributed by atoms with E-state index in [-0.39, 0.29) is 11.4 Å². The average Bonchev–Trinajstić information content (AvgIpc) is 2.53. The SMILES string of the molecule is COC(=O)/C=C/C1(C2CCCCC2)CCN(C(=O)O)CC1. The van der Waals surface area contributed by atoms with Crippen molar-refractivity contribution in [3.05, 3.63) is 12.2 Å². The van der Waals surface area contributed by atoms with Crippen LogP contribution in [0.5, 0.6) is 0 Å². The quantitative estimate of drug-likeness (QED) is 0.642. The highest BCUT2D eigenvalue weighted by Gasteiger charge is 2.40. The molecule has 1 aliphatic heterocycles. The number of carbonyl (C=O) groups is 2. The highest BCUT2D eigenvalue weighted by molar-refractivity contribution is 5.81. The van der Waals surface area contributed by atoms with Gasteiger partial charge in [-0.2, -0.15) is 0 Å². The van der Waals surface area contributed by atoms with E-state index in [1.54, 1.807) is 0 Å². The second kappa shape index (κ2) is 6.96. The Morgan fingerprint density at radius 3 is 2.33 bits per heavy atom. The molecule has 0 unspecified atom stereocenters. The van der Waals surface area contributed by atoms with Gasteiger partial charge >= 0.3 is 12.1 Å². The van der Waals surface area contributed by atoms with Crippen LogP contribution < -0.4 is 0 Å². The van der Waals surface area contributed by atoms with E-state index in [1.165, 1.54) is 50.2 Å². The van der Waals surface area contributed by atoms with Gasteiger partial charge in [0, 0.05) is 19.2 Å². The first kappa shape index (κ1) is 15.9. The van der Waals surface area contributed by atoms with Crippen molar-refractivity contribution in [3.8, 4) is 0 Å². The number of carboxylic acid groups (broad SMARTS) is 1. The molecule has 1 amide bonds. The Morgan fingerprint density at radius 1 is 1.19 bits per heavy atom. The first-order valence-corrected chi connectivity index (χ1v) is 7.82. The number of amides is 1. The number of hydrogen-bond donors (Lipinski definition) is 1. The van der Waals surface area contributed by atoms with Crippen molar-refractivity contribution < 1.29 is 19.4 Å². The molecule has 1 N–H and O–H groups in total. The van der Waals surface area contributed by atoms with Crippen molar-refractivity contribution >= 4 is 12.1 Å². The molecule has 2 fully saturated rings. The van der Waals surface area contributed by atoms with Gasteiger partial charge in [-0.1, -0.05) is 25.3 Å². The molecule has 0 aromatic heterocycles. The minimum atomic E-state index is -0.843. The molecule has 5 nitrogen and oxygen atoms in total. The summed E-state index contributed by atoms with van der Waals surface area (Å²) in [5.74, 6) is 0.231. The maximum absolute atomic E-state index is 11.4. The van der Waals surface area contributed by atoms with Crippen molar-refractivity contribution in [1.29, 1.82) is 0 Å². The van der Waals surface area contributed by atoms with Crippen molar-refractivity contribution in [2.45, 2.75) is 44.9 Å². The largest absolute Gasteiger partial charge is 0.466 e. The molecule has 1 saturated heterocycles. The molecule has 1 heterocycles. The van der Waals surface area contributed by atoms with Gasteiger partial charge in [-0.15, -0.1) is 0 Å². The van der Waals surface area contributed by atoms with Crippen molar-refractivity contribution in [2.24, 2.45) is 11.3 Å². The van der Waals surface area contributed by atoms with Crippen molar-refractivity contribution in [1.82, 2.24) is 4.90 Å². The van der Waals surface area contributed by atoms with Gasteiger partial charge in [-0.25, -0.2) is 9.59 Å². The lowest BCUT2D eigenvalue weighted by Gasteiger charge is -2.45. The van der Waals surface area contributed by atoms with Gasteiger partial charge < -0.3 is 14.7 Å². The first-order valence-electron chi connectivity index (χ1n) is 7.82. The highest BCUT2D eigenvalue weighted by atomic mass is 16.5. The maximum atomic E-state index is 11.4. The van der Waals surface area contributed by atoms with E-state index in [0.29, 0.717) is 19.0 Å². The fourth-order valence-corrected chi connectivity index (χ4v) is 3.80. The number of allylic oxidation sites excluding steroid dienone is 1. The van der Waals surface area contributed by atoms with Gasteiger partial charge in [-0.3, -0.25) is 0 Å². The molecular formula is C16H25NO4. The molecule has 0 bridgehead atoms. The number of carbonyl (C=O) groups excluding carboxylic acids is 1. The minimum absolute atomic E-state index is 0.0411. The van der Waals surface area contributed by atoms with Gasteiger partial charge in [0.25, 0.3) is 0 Å². The summed E-state index contributed by atoms with van der Waals surface area (Å²) in [6.45, 7) is 1.11. The summed E-state index contributed by atoms with van der Waals surface area (Å²) < 4.78 is 4.70. The summed E-state index contributed by atoms with van der Waals surface area (Å²) in [5, 5.41) is 9.11. The first-order chi connectivity index (χ1) is 10.1. The van der Waals surface area contributed by atoms with Crippen LogP contribution in [-0.4, -0.2) is 42.3 Å². The number of piperidine rings is 1. The number of rotatable bonds is 3. The fraction of sp³-hybridized carbons (Fsp3) is 0.750. The van der Waals surface area contributed by atoms with Crippen LogP contribution in [-0.2, 0) is 9.53 Å². The standard InChI is InChI=1S/C16H25NO4/c1-21-14(18)7-8-16(13-5-3-2-4-6-13)9-11-17(12-10-16)15(19)20/h7-8,13H,2-6,9-12H2,1H3,(H,19,20)/b8-7+. The Morgan fingerprint density at radius 2 is 1.81 bits per heavy atom. The van der Waals surface area contributed by atoms with Crippen LogP contribution in [0, 0.1) is 11.3 Å². The Labute approximate surface area is 126 Å². The van der Waals surface area contributed by atoms with Gasteiger partial charge in [0.15, 0.2) is 0 Å². The molecule has 1 saturated carbocycles. The van der Waals surface area contributed by atoms with Crippen LogP contribution in [0.15, 0.2) is 12.2 Å². The number of esters is 1. The predicted octanol–water partition coefficient (Wildman–Crippen LogP) is 3.06. The van der Waals surface area contributed by atoms with Gasteiger partial charge in [-0.05, 0) is 37.0 Å². The lowest BCUT2D eigenvalue weighted by Crippen LogP contribution is -2.45. The van der Waals surface area contributed by atoms with Gasteiger partial charge in [0.2, 0.25) is 0 Å².